The Bertz CT molecular complexity index is 895. The highest BCUT2D eigenvalue weighted by Crippen LogP contribution is 2.23. The maximum atomic E-state index is 13.0. The number of hydrogen-bond donors (Lipinski definition) is 1. The highest BCUT2D eigenvalue weighted by molar-refractivity contribution is 7.99. The van der Waals surface area contributed by atoms with Crippen LogP contribution in [0.2, 0.25) is 0 Å². The number of nitrogens with one attached hydrogen (secondary N) is 1. The molecule has 0 atom stereocenters. The average molecular weight is 386 g/mol. The molecule has 1 amide bonds. The second kappa shape index (κ2) is 8.68. The highest BCUT2D eigenvalue weighted by Gasteiger charge is 2.11. The Morgan fingerprint density at radius 3 is 2.48 bits per heavy atom. The molecule has 1 heterocycles. The van der Waals surface area contributed by atoms with Gasteiger partial charge in [-0.1, -0.05) is 23.9 Å². The summed E-state index contributed by atoms with van der Waals surface area (Å²) >= 11 is 1.16. The van der Waals surface area contributed by atoms with Crippen LogP contribution in [0.3, 0.4) is 0 Å². The van der Waals surface area contributed by atoms with Crippen LogP contribution in [0.4, 0.5) is 10.1 Å². The first-order valence-corrected chi connectivity index (χ1v) is 9.25. The SMILES string of the molecule is CN(C)c1ccc(CNC(=O)CSc2nnc(-c3ccc(F)cc3)o2)cc1. The van der Waals surface area contributed by atoms with Crippen LogP contribution < -0.4 is 10.2 Å². The zero-order chi connectivity index (χ0) is 19.2. The van der Waals surface area contributed by atoms with E-state index in [0.29, 0.717) is 23.2 Å². The number of amides is 1. The van der Waals surface area contributed by atoms with Crippen molar-refractivity contribution in [2.45, 2.75) is 11.8 Å². The lowest BCUT2D eigenvalue weighted by molar-refractivity contribution is -0.118. The summed E-state index contributed by atoms with van der Waals surface area (Å²) in [6.07, 6.45) is 0. The van der Waals surface area contributed by atoms with Gasteiger partial charge in [0, 0.05) is 31.9 Å². The van der Waals surface area contributed by atoms with E-state index in [0.717, 1.165) is 23.0 Å². The van der Waals surface area contributed by atoms with Crippen LogP contribution in [-0.2, 0) is 11.3 Å². The Labute approximate surface area is 160 Å². The zero-order valence-electron chi connectivity index (χ0n) is 15.0. The van der Waals surface area contributed by atoms with Gasteiger partial charge in [0.25, 0.3) is 5.22 Å². The van der Waals surface area contributed by atoms with Gasteiger partial charge in [-0.15, -0.1) is 10.2 Å². The van der Waals surface area contributed by atoms with Crippen LogP contribution in [0, 0.1) is 5.82 Å². The number of thioether (sulfide) groups is 1. The smallest absolute Gasteiger partial charge is 0.277 e. The number of carbonyl (C=O) groups excluding carboxylic acids is 1. The van der Waals surface area contributed by atoms with Crippen LogP contribution in [0.25, 0.3) is 11.5 Å². The minimum absolute atomic E-state index is 0.127. The number of benzene rings is 2. The molecular formula is C19H19FN4O2S. The fourth-order valence-corrected chi connectivity index (χ4v) is 2.86. The molecule has 1 aromatic heterocycles. The van der Waals surface area contributed by atoms with E-state index in [2.05, 4.69) is 15.5 Å². The predicted octanol–water partition coefficient (Wildman–Crippen LogP) is 3.35. The second-order valence-corrected chi connectivity index (χ2v) is 6.93. The molecule has 6 nitrogen and oxygen atoms in total. The third-order valence-electron chi connectivity index (χ3n) is 3.77. The van der Waals surface area contributed by atoms with E-state index in [1.54, 1.807) is 12.1 Å². The maximum Gasteiger partial charge on any atom is 0.277 e. The molecular weight excluding hydrogens is 367 g/mol. The van der Waals surface area contributed by atoms with E-state index in [1.807, 2.05) is 43.3 Å². The van der Waals surface area contributed by atoms with Gasteiger partial charge in [-0.05, 0) is 42.0 Å². The fourth-order valence-electron chi connectivity index (χ4n) is 2.27. The topological polar surface area (TPSA) is 71.3 Å². The van der Waals surface area contributed by atoms with Crippen molar-refractivity contribution in [1.82, 2.24) is 15.5 Å². The fraction of sp³-hybridized carbons (Fsp3) is 0.211. The third kappa shape index (κ3) is 5.30. The summed E-state index contributed by atoms with van der Waals surface area (Å²) in [4.78, 5) is 14.0. The van der Waals surface area contributed by atoms with Crippen molar-refractivity contribution in [2.24, 2.45) is 0 Å². The molecule has 140 valence electrons. The third-order valence-corrected chi connectivity index (χ3v) is 4.59. The molecule has 0 aliphatic carbocycles. The van der Waals surface area contributed by atoms with Crippen LogP contribution in [-0.4, -0.2) is 36.0 Å². The molecule has 0 unspecified atom stereocenters. The van der Waals surface area contributed by atoms with E-state index in [1.165, 1.54) is 12.1 Å². The van der Waals surface area contributed by atoms with Crippen molar-refractivity contribution in [2.75, 3.05) is 24.7 Å². The van der Waals surface area contributed by atoms with Gasteiger partial charge in [0.05, 0.1) is 5.75 Å². The van der Waals surface area contributed by atoms with Crippen molar-refractivity contribution in [3.63, 3.8) is 0 Å². The van der Waals surface area contributed by atoms with Gasteiger partial charge in [0.2, 0.25) is 11.8 Å². The largest absolute Gasteiger partial charge is 0.411 e. The molecule has 0 aliphatic heterocycles. The van der Waals surface area contributed by atoms with E-state index in [4.69, 9.17) is 4.42 Å². The van der Waals surface area contributed by atoms with Crippen molar-refractivity contribution in [1.29, 1.82) is 0 Å². The predicted molar refractivity (Wildman–Crippen MR) is 103 cm³/mol. The first-order chi connectivity index (χ1) is 13.0. The monoisotopic (exact) mass is 386 g/mol. The molecule has 0 spiro atoms. The minimum Gasteiger partial charge on any atom is -0.411 e. The molecule has 8 heteroatoms. The highest BCUT2D eigenvalue weighted by atomic mass is 32.2. The number of hydrogen-bond acceptors (Lipinski definition) is 6. The standard InChI is InChI=1S/C19H19FN4O2S/c1-24(2)16-9-3-13(4-10-16)11-21-17(25)12-27-19-23-22-18(26-19)14-5-7-15(20)8-6-14/h3-10H,11-12H2,1-2H3,(H,21,25). The van der Waals surface area contributed by atoms with Gasteiger partial charge >= 0.3 is 0 Å². The summed E-state index contributed by atoms with van der Waals surface area (Å²) in [5, 5.41) is 11.0. The van der Waals surface area contributed by atoms with Crippen molar-refractivity contribution < 1.29 is 13.6 Å². The van der Waals surface area contributed by atoms with Gasteiger partial charge in [0.1, 0.15) is 5.82 Å². The molecule has 1 N–H and O–H groups in total. The molecule has 0 radical (unpaired) electrons. The second-order valence-electron chi connectivity index (χ2n) is 6.01. The van der Waals surface area contributed by atoms with Crippen molar-refractivity contribution in [3.8, 4) is 11.5 Å². The number of aromatic nitrogens is 2. The van der Waals surface area contributed by atoms with Crippen molar-refractivity contribution >= 4 is 23.4 Å². The van der Waals surface area contributed by atoms with Crippen LogP contribution in [0.15, 0.2) is 58.2 Å². The Kier molecular flexibility index (Phi) is 6.08. The number of anilines is 1. The van der Waals surface area contributed by atoms with E-state index >= 15 is 0 Å². The number of carbonyl (C=O) groups is 1. The quantitative estimate of drug-likeness (QED) is 0.628. The lowest BCUT2D eigenvalue weighted by Crippen LogP contribution is -2.24. The Morgan fingerprint density at radius 2 is 1.81 bits per heavy atom. The molecule has 0 fully saturated rings. The van der Waals surface area contributed by atoms with E-state index < -0.39 is 0 Å². The van der Waals surface area contributed by atoms with Gasteiger partial charge in [-0.3, -0.25) is 4.79 Å². The molecule has 3 aromatic rings. The Hall–Kier alpha value is -2.87. The Morgan fingerprint density at radius 1 is 1.11 bits per heavy atom. The minimum atomic E-state index is -0.333. The lowest BCUT2D eigenvalue weighted by Gasteiger charge is -2.12. The summed E-state index contributed by atoms with van der Waals surface area (Å²) in [7, 11) is 3.96. The molecule has 0 aliphatic rings. The normalized spacial score (nSPS) is 10.6. The summed E-state index contributed by atoms with van der Waals surface area (Å²) in [6.45, 7) is 0.456. The number of rotatable bonds is 7. The molecule has 2 aromatic carbocycles. The first-order valence-electron chi connectivity index (χ1n) is 8.26. The molecule has 3 rings (SSSR count). The zero-order valence-corrected chi connectivity index (χ0v) is 15.8. The number of halogens is 1. The molecule has 0 saturated heterocycles. The molecule has 27 heavy (non-hydrogen) atoms. The van der Waals surface area contributed by atoms with Crippen molar-refractivity contribution in [3.05, 3.63) is 59.9 Å². The van der Waals surface area contributed by atoms with Crippen LogP contribution in [0.1, 0.15) is 5.56 Å². The van der Waals surface area contributed by atoms with E-state index in [-0.39, 0.29) is 17.5 Å². The summed E-state index contributed by atoms with van der Waals surface area (Å²) in [6, 6.07) is 13.7. The van der Waals surface area contributed by atoms with Gasteiger partial charge in [0.15, 0.2) is 0 Å². The van der Waals surface area contributed by atoms with Gasteiger partial charge < -0.3 is 14.6 Å². The number of nitrogens with zero attached hydrogens (tertiary/aromatic N) is 3. The molecule has 0 bridgehead atoms. The van der Waals surface area contributed by atoms with E-state index in [9.17, 15) is 9.18 Å². The van der Waals surface area contributed by atoms with Gasteiger partial charge in [-0.25, -0.2) is 4.39 Å². The summed E-state index contributed by atoms with van der Waals surface area (Å²) in [5.74, 6) is -0.00103. The first kappa shape index (κ1) is 18.9. The average Bonchev–Trinajstić information content (AvgIpc) is 3.14. The summed E-state index contributed by atoms with van der Waals surface area (Å²) < 4.78 is 18.4. The van der Waals surface area contributed by atoms with Crippen LogP contribution in [0.5, 0.6) is 0 Å². The van der Waals surface area contributed by atoms with Gasteiger partial charge in [-0.2, -0.15) is 0 Å². The summed E-state index contributed by atoms with van der Waals surface area (Å²) in [5.41, 5.74) is 2.76. The van der Waals surface area contributed by atoms with Crippen LogP contribution >= 0.6 is 11.8 Å². The lowest BCUT2D eigenvalue weighted by atomic mass is 10.2. The molecule has 0 saturated carbocycles. The Balaban J connectivity index is 1.47. The maximum absolute atomic E-state index is 13.0.